The summed E-state index contributed by atoms with van der Waals surface area (Å²) in [6.07, 6.45) is -0.907. The number of benzene rings is 2. The van der Waals surface area contributed by atoms with Crippen LogP contribution in [0, 0.1) is 11.3 Å². The quantitative estimate of drug-likeness (QED) is 0.229. The number of ether oxygens (including phenoxy) is 2. The highest BCUT2D eigenvalue weighted by molar-refractivity contribution is 7.89. The summed E-state index contributed by atoms with van der Waals surface area (Å²) in [7, 11) is -4.09. The highest BCUT2D eigenvalue weighted by Gasteiger charge is 2.37. The number of nitrogens with zero attached hydrogens (tertiary/aromatic N) is 1. The summed E-state index contributed by atoms with van der Waals surface area (Å²) in [5, 5.41) is 19.7. The van der Waals surface area contributed by atoms with Crippen molar-refractivity contribution < 1.29 is 37.4 Å². The number of carbonyl (C=O) groups excluding carboxylic acids is 3. The number of fused-ring (bicyclic) bond motifs is 1. The van der Waals surface area contributed by atoms with Crippen molar-refractivity contribution in [3.8, 4) is 11.5 Å². The second-order valence-electron chi connectivity index (χ2n) is 12.6. The Labute approximate surface area is 265 Å². The van der Waals surface area contributed by atoms with Crippen LogP contribution in [0.3, 0.4) is 0 Å². The van der Waals surface area contributed by atoms with Crippen molar-refractivity contribution in [1.82, 2.24) is 20.3 Å². The van der Waals surface area contributed by atoms with Gasteiger partial charge in [-0.15, -0.1) is 0 Å². The molecule has 248 valence electrons. The van der Waals surface area contributed by atoms with Crippen LogP contribution in [-0.4, -0.2) is 80.2 Å². The van der Waals surface area contributed by atoms with Crippen LogP contribution in [0.5, 0.6) is 11.5 Å². The van der Waals surface area contributed by atoms with Crippen LogP contribution in [0.2, 0.25) is 0 Å². The van der Waals surface area contributed by atoms with Crippen molar-refractivity contribution in [1.29, 1.82) is 0 Å². The average Bonchev–Trinajstić information content (AvgIpc) is 3.45. The first-order valence-corrected chi connectivity index (χ1v) is 16.5. The van der Waals surface area contributed by atoms with Crippen LogP contribution in [0.15, 0.2) is 53.4 Å². The van der Waals surface area contributed by atoms with Gasteiger partial charge in [0, 0.05) is 25.6 Å². The van der Waals surface area contributed by atoms with Crippen LogP contribution in [0.1, 0.15) is 53.5 Å². The van der Waals surface area contributed by atoms with Crippen LogP contribution in [0.25, 0.3) is 0 Å². The lowest BCUT2D eigenvalue weighted by Crippen LogP contribution is -2.59. The van der Waals surface area contributed by atoms with Crippen LogP contribution < -0.4 is 25.4 Å². The Bertz CT molecular complexity index is 1430. The predicted octanol–water partition coefficient (Wildman–Crippen LogP) is 2.21. The highest BCUT2D eigenvalue weighted by Crippen LogP contribution is 2.35. The zero-order chi connectivity index (χ0) is 33.4. The summed E-state index contributed by atoms with van der Waals surface area (Å²) < 4.78 is 39.6. The standard InChI is InChI=1S/C32H46N4O8S/c1-7-28(38)33-17-29(39)35-30(32(4,5)6)31(40)34-24(15-22-11-9-8-10-12-22)25(37)19-36(18-21(2)3)45(41,42)23-13-14-26-27(16-23)44-20-43-26/h8-14,16,21,24-25,30,37H,7,15,17-20H2,1-6H3,(H,33,38)(H,34,40)(H,35,39). The van der Waals surface area contributed by atoms with Gasteiger partial charge in [-0.25, -0.2) is 8.42 Å². The SMILES string of the molecule is CCC(=O)NCC(=O)NC(C(=O)NC(Cc1ccccc1)C(O)CN(CC(C)C)S(=O)(=O)c1ccc2c(c1)OCO2)C(C)(C)C. The molecule has 1 heterocycles. The van der Waals surface area contributed by atoms with E-state index >= 15 is 0 Å². The molecule has 0 aromatic heterocycles. The van der Waals surface area contributed by atoms with Crippen molar-refractivity contribution >= 4 is 27.7 Å². The summed E-state index contributed by atoms with van der Waals surface area (Å²) in [6.45, 7) is 10.3. The molecule has 0 spiro atoms. The molecular weight excluding hydrogens is 600 g/mol. The Hall–Kier alpha value is -3.68. The van der Waals surface area contributed by atoms with E-state index in [-0.39, 0.29) is 56.0 Å². The Morgan fingerprint density at radius 2 is 1.62 bits per heavy atom. The fraction of sp³-hybridized carbons (Fsp3) is 0.531. The molecule has 3 atom stereocenters. The van der Waals surface area contributed by atoms with Crippen molar-refractivity contribution in [3.63, 3.8) is 0 Å². The zero-order valence-electron chi connectivity index (χ0n) is 26.8. The third-order valence-corrected chi connectivity index (χ3v) is 9.06. The summed E-state index contributed by atoms with van der Waals surface area (Å²) in [5.41, 5.74) is 0.0814. The van der Waals surface area contributed by atoms with E-state index in [0.29, 0.717) is 11.5 Å². The van der Waals surface area contributed by atoms with Crippen molar-refractivity contribution in [2.75, 3.05) is 26.4 Å². The number of aliphatic hydroxyl groups excluding tert-OH is 1. The number of rotatable bonds is 15. The molecule has 4 N–H and O–H groups in total. The number of aliphatic hydroxyl groups is 1. The van der Waals surface area contributed by atoms with Crippen LogP contribution in [0.4, 0.5) is 0 Å². The Morgan fingerprint density at radius 3 is 2.24 bits per heavy atom. The third kappa shape index (κ3) is 10.2. The molecule has 0 aliphatic carbocycles. The number of hydrogen-bond donors (Lipinski definition) is 4. The van der Waals surface area contributed by atoms with E-state index < -0.39 is 45.4 Å². The molecular formula is C32H46N4O8S. The largest absolute Gasteiger partial charge is 0.454 e. The van der Waals surface area contributed by atoms with E-state index in [2.05, 4.69) is 16.0 Å². The van der Waals surface area contributed by atoms with Gasteiger partial charge in [-0.2, -0.15) is 4.31 Å². The van der Waals surface area contributed by atoms with Gasteiger partial charge in [0.15, 0.2) is 11.5 Å². The normalized spacial score (nSPS) is 15.0. The number of amides is 3. The minimum Gasteiger partial charge on any atom is -0.454 e. The maximum Gasteiger partial charge on any atom is 0.243 e. The first-order valence-electron chi connectivity index (χ1n) is 15.1. The van der Waals surface area contributed by atoms with Gasteiger partial charge in [0.1, 0.15) is 6.04 Å². The molecule has 0 saturated carbocycles. The van der Waals surface area contributed by atoms with Gasteiger partial charge in [-0.1, -0.05) is 71.9 Å². The van der Waals surface area contributed by atoms with Gasteiger partial charge in [0.25, 0.3) is 0 Å². The van der Waals surface area contributed by atoms with Crippen molar-refractivity contribution in [3.05, 3.63) is 54.1 Å². The van der Waals surface area contributed by atoms with Gasteiger partial charge in [0.2, 0.25) is 34.5 Å². The van der Waals surface area contributed by atoms with Crippen molar-refractivity contribution in [2.24, 2.45) is 11.3 Å². The van der Waals surface area contributed by atoms with E-state index in [1.54, 1.807) is 27.7 Å². The lowest BCUT2D eigenvalue weighted by Gasteiger charge is -2.34. The van der Waals surface area contributed by atoms with Gasteiger partial charge >= 0.3 is 0 Å². The molecule has 3 amide bonds. The highest BCUT2D eigenvalue weighted by atomic mass is 32.2. The van der Waals surface area contributed by atoms with E-state index in [1.807, 2.05) is 44.2 Å². The van der Waals surface area contributed by atoms with Gasteiger partial charge in [-0.05, 0) is 35.4 Å². The summed E-state index contributed by atoms with van der Waals surface area (Å²) in [5.74, 6) is -0.689. The molecule has 0 saturated heterocycles. The molecule has 3 unspecified atom stereocenters. The number of sulfonamides is 1. The monoisotopic (exact) mass is 646 g/mol. The smallest absolute Gasteiger partial charge is 0.243 e. The van der Waals surface area contributed by atoms with Gasteiger partial charge in [0.05, 0.1) is 23.6 Å². The molecule has 1 aliphatic heterocycles. The van der Waals surface area contributed by atoms with E-state index in [1.165, 1.54) is 22.5 Å². The molecule has 3 rings (SSSR count). The van der Waals surface area contributed by atoms with Crippen LogP contribution in [-0.2, 0) is 30.8 Å². The average molecular weight is 647 g/mol. The second kappa shape index (κ2) is 15.5. The first-order chi connectivity index (χ1) is 21.1. The fourth-order valence-corrected chi connectivity index (χ4v) is 6.45. The molecule has 0 radical (unpaired) electrons. The molecule has 45 heavy (non-hydrogen) atoms. The van der Waals surface area contributed by atoms with Gasteiger partial charge in [-0.3, -0.25) is 14.4 Å². The lowest BCUT2D eigenvalue weighted by atomic mass is 9.85. The van der Waals surface area contributed by atoms with Crippen LogP contribution >= 0.6 is 0 Å². The number of nitrogens with one attached hydrogen (secondary N) is 3. The molecule has 1 aliphatic rings. The second-order valence-corrected chi connectivity index (χ2v) is 14.5. The molecule has 2 aromatic rings. The van der Waals surface area contributed by atoms with Gasteiger partial charge < -0.3 is 30.5 Å². The first kappa shape index (κ1) is 35.8. The third-order valence-electron chi connectivity index (χ3n) is 7.23. The minimum absolute atomic E-state index is 0.00247. The Balaban J connectivity index is 1.87. The zero-order valence-corrected chi connectivity index (χ0v) is 27.6. The van der Waals surface area contributed by atoms with E-state index in [9.17, 15) is 27.9 Å². The lowest BCUT2D eigenvalue weighted by molar-refractivity contribution is -0.132. The number of carbonyl (C=O) groups is 3. The maximum absolute atomic E-state index is 13.9. The summed E-state index contributed by atoms with van der Waals surface area (Å²) in [6, 6.07) is 11.6. The predicted molar refractivity (Wildman–Crippen MR) is 169 cm³/mol. The Morgan fingerprint density at radius 1 is 0.956 bits per heavy atom. The van der Waals surface area contributed by atoms with Crippen molar-refractivity contribution in [2.45, 2.75) is 77.5 Å². The molecule has 0 fully saturated rings. The van der Waals surface area contributed by atoms with E-state index in [0.717, 1.165) is 5.56 Å². The topological polar surface area (TPSA) is 163 Å². The summed E-state index contributed by atoms with van der Waals surface area (Å²) >= 11 is 0. The molecule has 0 bridgehead atoms. The molecule has 13 heteroatoms. The maximum atomic E-state index is 13.9. The molecule has 2 aromatic carbocycles. The Kier molecular flexibility index (Phi) is 12.4. The molecule has 12 nitrogen and oxygen atoms in total. The van der Waals surface area contributed by atoms with E-state index in [4.69, 9.17) is 9.47 Å². The minimum atomic E-state index is -4.09. The number of hydrogen-bond acceptors (Lipinski definition) is 8. The summed E-state index contributed by atoms with van der Waals surface area (Å²) in [4.78, 5) is 38.0. The fourth-order valence-electron chi connectivity index (χ4n) is 4.81.